The highest BCUT2D eigenvalue weighted by molar-refractivity contribution is 5.33. The molecule has 0 aromatic carbocycles. The molecule has 1 unspecified atom stereocenters. The lowest BCUT2D eigenvalue weighted by atomic mass is 10.2. The van der Waals surface area contributed by atoms with Gasteiger partial charge in [0.2, 0.25) is 0 Å². The number of methoxy groups -OCH3 is 1. The topological polar surface area (TPSA) is 50.0 Å². The van der Waals surface area contributed by atoms with E-state index >= 15 is 0 Å². The van der Waals surface area contributed by atoms with E-state index in [1.54, 1.807) is 7.11 Å². The number of hydrogen-bond acceptors (Lipinski definition) is 3. The maximum atomic E-state index is 8.90. The van der Waals surface area contributed by atoms with Crippen molar-refractivity contribution in [3.63, 3.8) is 0 Å². The van der Waals surface area contributed by atoms with E-state index in [1.165, 1.54) is 5.56 Å². The van der Waals surface area contributed by atoms with Gasteiger partial charge in [-0.1, -0.05) is 0 Å². The van der Waals surface area contributed by atoms with Gasteiger partial charge in [0.25, 0.3) is 0 Å². The van der Waals surface area contributed by atoms with Crippen LogP contribution >= 0.6 is 0 Å². The SMILES string of the molecule is COC(C)CNCc1cc(C#N)n(C)c1C. The zero-order chi connectivity index (χ0) is 12.1. The predicted octanol–water partition coefficient (Wildman–Crippen LogP) is 1.33. The van der Waals surface area contributed by atoms with Gasteiger partial charge >= 0.3 is 0 Å². The first-order valence-corrected chi connectivity index (χ1v) is 5.39. The van der Waals surface area contributed by atoms with Crippen LogP contribution in [0.4, 0.5) is 0 Å². The molecule has 0 radical (unpaired) electrons. The summed E-state index contributed by atoms with van der Waals surface area (Å²) in [4.78, 5) is 0. The number of nitrogens with zero attached hydrogens (tertiary/aromatic N) is 2. The minimum absolute atomic E-state index is 0.208. The van der Waals surface area contributed by atoms with Crippen LogP contribution in [-0.2, 0) is 18.3 Å². The second kappa shape index (κ2) is 5.69. The Morgan fingerprint density at radius 2 is 2.31 bits per heavy atom. The Bertz CT molecular complexity index is 390. The van der Waals surface area contributed by atoms with Crippen LogP contribution < -0.4 is 5.32 Å². The highest BCUT2D eigenvalue weighted by Crippen LogP contribution is 2.12. The summed E-state index contributed by atoms with van der Waals surface area (Å²) < 4.78 is 7.06. The smallest absolute Gasteiger partial charge is 0.120 e. The Labute approximate surface area is 96.8 Å². The molecule has 16 heavy (non-hydrogen) atoms. The third-order valence-electron chi connectivity index (χ3n) is 2.90. The molecular formula is C12H19N3O. The summed E-state index contributed by atoms with van der Waals surface area (Å²) >= 11 is 0. The fourth-order valence-corrected chi connectivity index (χ4v) is 1.54. The minimum Gasteiger partial charge on any atom is -0.380 e. The van der Waals surface area contributed by atoms with Crippen LogP contribution in [-0.4, -0.2) is 24.3 Å². The molecule has 1 atom stereocenters. The highest BCUT2D eigenvalue weighted by Gasteiger charge is 2.08. The molecule has 0 aliphatic rings. The maximum Gasteiger partial charge on any atom is 0.120 e. The zero-order valence-corrected chi connectivity index (χ0v) is 10.4. The van der Waals surface area contributed by atoms with Crippen molar-refractivity contribution in [3.05, 3.63) is 23.0 Å². The Morgan fingerprint density at radius 1 is 1.62 bits per heavy atom. The number of hydrogen-bond donors (Lipinski definition) is 1. The molecule has 4 nitrogen and oxygen atoms in total. The fourth-order valence-electron chi connectivity index (χ4n) is 1.54. The van der Waals surface area contributed by atoms with Gasteiger partial charge in [0.05, 0.1) is 6.10 Å². The van der Waals surface area contributed by atoms with Crippen LogP contribution in [0.1, 0.15) is 23.9 Å². The number of ether oxygens (including phenoxy) is 1. The molecule has 1 rings (SSSR count). The van der Waals surface area contributed by atoms with Crippen molar-refractivity contribution in [1.82, 2.24) is 9.88 Å². The number of aromatic nitrogens is 1. The minimum atomic E-state index is 0.208. The first-order chi connectivity index (χ1) is 7.60. The first kappa shape index (κ1) is 12.8. The monoisotopic (exact) mass is 221 g/mol. The summed E-state index contributed by atoms with van der Waals surface area (Å²) in [6.45, 7) is 5.63. The molecule has 1 aromatic heterocycles. The molecular weight excluding hydrogens is 202 g/mol. The molecule has 88 valence electrons. The van der Waals surface area contributed by atoms with E-state index in [4.69, 9.17) is 10.00 Å². The molecule has 0 saturated heterocycles. The average molecular weight is 221 g/mol. The molecule has 0 fully saturated rings. The fraction of sp³-hybridized carbons (Fsp3) is 0.583. The first-order valence-electron chi connectivity index (χ1n) is 5.39. The molecule has 0 spiro atoms. The van der Waals surface area contributed by atoms with Gasteiger partial charge in [-0.15, -0.1) is 0 Å². The molecule has 1 N–H and O–H groups in total. The van der Waals surface area contributed by atoms with Gasteiger partial charge in [-0.2, -0.15) is 5.26 Å². The zero-order valence-electron chi connectivity index (χ0n) is 10.4. The highest BCUT2D eigenvalue weighted by atomic mass is 16.5. The maximum absolute atomic E-state index is 8.90. The van der Waals surface area contributed by atoms with Crippen molar-refractivity contribution in [2.75, 3.05) is 13.7 Å². The lowest BCUT2D eigenvalue weighted by Gasteiger charge is -2.10. The molecule has 0 bridgehead atoms. The normalized spacial score (nSPS) is 12.4. The average Bonchev–Trinajstić information content (AvgIpc) is 2.56. The number of nitriles is 1. The lowest BCUT2D eigenvalue weighted by molar-refractivity contribution is 0.117. The van der Waals surface area contributed by atoms with Crippen LogP contribution in [0.25, 0.3) is 0 Å². The summed E-state index contributed by atoms with van der Waals surface area (Å²) in [5.74, 6) is 0. The summed E-state index contributed by atoms with van der Waals surface area (Å²) in [5.41, 5.74) is 3.01. The Morgan fingerprint density at radius 3 is 2.81 bits per heavy atom. The van der Waals surface area contributed by atoms with Crippen LogP contribution in [0.2, 0.25) is 0 Å². The predicted molar refractivity (Wildman–Crippen MR) is 63.0 cm³/mol. The number of nitrogens with one attached hydrogen (secondary N) is 1. The van der Waals surface area contributed by atoms with Gasteiger partial charge < -0.3 is 14.6 Å². The Kier molecular flexibility index (Phi) is 4.53. The molecule has 0 aliphatic heterocycles. The van der Waals surface area contributed by atoms with Crippen molar-refractivity contribution >= 4 is 0 Å². The van der Waals surface area contributed by atoms with Crippen LogP contribution in [0.5, 0.6) is 0 Å². The van der Waals surface area contributed by atoms with E-state index in [0.717, 1.165) is 18.8 Å². The second-order valence-corrected chi connectivity index (χ2v) is 3.99. The number of rotatable bonds is 5. The Balaban J connectivity index is 2.58. The molecule has 0 saturated carbocycles. The lowest BCUT2D eigenvalue weighted by Crippen LogP contribution is -2.25. The third-order valence-corrected chi connectivity index (χ3v) is 2.90. The van der Waals surface area contributed by atoms with Crippen LogP contribution in [0.15, 0.2) is 6.07 Å². The van der Waals surface area contributed by atoms with E-state index in [-0.39, 0.29) is 6.10 Å². The summed E-state index contributed by atoms with van der Waals surface area (Å²) in [6, 6.07) is 4.11. The van der Waals surface area contributed by atoms with Gasteiger partial charge in [0, 0.05) is 32.9 Å². The van der Waals surface area contributed by atoms with Crippen molar-refractivity contribution < 1.29 is 4.74 Å². The van der Waals surface area contributed by atoms with E-state index < -0.39 is 0 Å². The standard InChI is InChI=1S/C12H19N3O/c1-9(16-4)7-14-8-11-5-12(6-13)15(3)10(11)2/h5,9,14H,7-8H2,1-4H3. The summed E-state index contributed by atoms with van der Waals surface area (Å²) in [5, 5.41) is 12.2. The van der Waals surface area contributed by atoms with E-state index in [2.05, 4.69) is 11.4 Å². The third kappa shape index (κ3) is 2.84. The van der Waals surface area contributed by atoms with Gasteiger partial charge in [-0.05, 0) is 25.5 Å². The van der Waals surface area contributed by atoms with Gasteiger partial charge in [-0.25, -0.2) is 0 Å². The second-order valence-electron chi connectivity index (χ2n) is 3.99. The van der Waals surface area contributed by atoms with E-state index in [9.17, 15) is 0 Å². The van der Waals surface area contributed by atoms with Crippen molar-refractivity contribution in [1.29, 1.82) is 5.26 Å². The Hall–Kier alpha value is -1.31. The van der Waals surface area contributed by atoms with Gasteiger partial charge in [-0.3, -0.25) is 0 Å². The van der Waals surface area contributed by atoms with Crippen LogP contribution in [0, 0.1) is 18.3 Å². The van der Waals surface area contributed by atoms with Crippen LogP contribution in [0.3, 0.4) is 0 Å². The van der Waals surface area contributed by atoms with E-state index in [1.807, 2.05) is 31.5 Å². The molecule has 4 heteroatoms. The molecule has 1 aromatic rings. The van der Waals surface area contributed by atoms with Gasteiger partial charge in [0.15, 0.2) is 0 Å². The van der Waals surface area contributed by atoms with Crippen molar-refractivity contribution in [2.24, 2.45) is 7.05 Å². The van der Waals surface area contributed by atoms with Gasteiger partial charge in [0.1, 0.15) is 11.8 Å². The molecule has 0 aliphatic carbocycles. The molecule has 1 heterocycles. The molecule has 0 amide bonds. The largest absolute Gasteiger partial charge is 0.380 e. The summed E-state index contributed by atoms with van der Waals surface area (Å²) in [6.07, 6.45) is 0.208. The van der Waals surface area contributed by atoms with E-state index in [0.29, 0.717) is 5.69 Å². The van der Waals surface area contributed by atoms with Crippen molar-refractivity contribution in [2.45, 2.75) is 26.5 Å². The quantitative estimate of drug-likeness (QED) is 0.816. The summed E-state index contributed by atoms with van der Waals surface area (Å²) in [7, 11) is 3.61. The van der Waals surface area contributed by atoms with Crippen molar-refractivity contribution in [3.8, 4) is 6.07 Å².